The number of carbonyl (C=O) groups excluding carboxylic acids is 2. The fourth-order valence-corrected chi connectivity index (χ4v) is 4.66. The quantitative estimate of drug-likeness (QED) is 0.333. The number of benzene rings is 2. The van der Waals surface area contributed by atoms with Gasteiger partial charge in [0.05, 0.1) is 16.7 Å². The molecule has 2 aromatic carbocycles. The van der Waals surface area contributed by atoms with Crippen molar-refractivity contribution in [2.75, 3.05) is 6.61 Å². The number of halogens is 3. The maximum atomic E-state index is 13.3. The second kappa shape index (κ2) is 13.2. The average Bonchev–Trinajstić information content (AvgIpc) is 3.33. The van der Waals surface area contributed by atoms with Crippen molar-refractivity contribution in [1.29, 1.82) is 0 Å². The Morgan fingerprint density at radius 1 is 1.06 bits per heavy atom. The van der Waals surface area contributed by atoms with Crippen LogP contribution in [-0.4, -0.2) is 35.4 Å². The summed E-state index contributed by atoms with van der Waals surface area (Å²) in [5.74, 6) is 0.506. The van der Waals surface area contributed by atoms with Crippen LogP contribution in [0.2, 0.25) is 15.1 Å². The summed E-state index contributed by atoms with van der Waals surface area (Å²) in [5.41, 5.74) is 0.826. The first kappa shape index (κ1) is 26.7. The van der Waals surface area contributed by atoms with Gasteiger partial charge in [0.25, 0.3) is 0 Å². The zero-order valence-electron chi connectivity index (χ0n) is 19.4. The van der Waals surface area contributed by atoms with Gasteiger partial charge in [-0.05, 0) is 67.6 Å². The van der Waals surface area contributed by atoms with Gasteiger partial charge in [0.15, 0.2) is 0 Å². The van der Waals surface area contributed by atoms with E-state index in [0.29, 0.717) is 40.3 Å². The van der Waals surface area contributed by atoms with Crippen molar-refractivity contribution in [2.45, 2.75) is 70.5 Å². The first-order chi connectivity index (χ1) is 16.4. The van der Waals surface area contributed by atoms with Crippen molar-refractivity contribution in [3.63, 3.8) is 0 Å². The lowest BCUT2D eigenvalue weighted by atomic mass is 10.1. The number of nitrogens with zero attached hydrogens (tertiary/aromatic N) is 1. The third-order valence-electron chi connectivity index (χ3n) is 6.04. The summed E-state index contributed by atoms with van der Waals surface area (Å²) in [5, 5.41) is 4.67. The van der Waals surface area contributed by atoms with E-state index in [1.54, 1.807) is 41.3 Å². The van der Waals surface area contributed by atoms with Crippen molar-refractivity contribution in [3.8, 4) is 5.75 Å². The van der Waals surface area contributed by atoms with Gasteiger partial charge in [0.2, 0.25) is 11.8 Å². The molecule has 3 rings (SSSR count). The Morgan fingerprint density at radius 2 is 1.76 bits per heavy atom. The Hall–Kier alpha value is -1.95. The topological polar surface area (TPSA) is 58.6 Å². The number of rotatable bonds is 11. The third-order valence-corrected chi connectivity index (χ3v) is 7.03. The van der Waals surface area contributed by atoms with Crippen LogP contribution in [0.3, 0.4) is 0 Å². The molecule has 0 spiro atoms. The molecular weight excluding hydrogens is 495 g/mol. The molecule has 0 radical (unpaired) electrons. The lowest BCUT2D eigenvalue weighted by Crippen LogP contribution is -2.50. The molecule has 0 saturated heterocycles. The highest BCUT2D eigenvalue weighted by molar-refractivity contribution is 6.42. The molecule has 1 unspecified atom stereocenters. The largest absolute Gasteiger partial charge is 0.494 e. The van der Waals surface area contributed by atoms with E-state index in [1.807, 2.05) is 13.0 Å². The van der Waals surface area contributed by atoms with Crippen LogP contribution >= 0.6 is 34.8 Å². The van der Waals surface area contributed by atoms with Crippen molar-refractivity contribution in [1.82, 2.24) is 10.2 Å². The summed E-state index contributed by atoms with van der Waals surface area (Å²) in [6, 6.07) is 12.0. The predicted molar refractivity (Wildman–Crippen MR) is 138 cm³/mol. The summed E-state index contributed by atoms with van der Waals surface area (Å²) < 4.78 is 5.72. The standard InChI is InChI=1S/C26H31Cl3N2O3/c1-2-24(26(33)30-20-6-3-4-7-20)31(17-18-9-14-22(28)23(29)16-18)25(32)8-5-15-34-21-12-10-19(27)11-13-21/h9-14,16,20,24H,2-8,15,17H2,1H3,(H,30,33). The van der Waals surface area contributed by atoms with Gasteiger partial charge >= 0.3 is 0 Å². The lowest BCUT2D eigenvalue weighted by molar-refractivity contribution is -0.141. The van der Waals surface area contributed by atoms with E-state index in [1.165, 1.54) is 0 Å². The predicted octanol–water partition coefficient (Wildman–Crippen LogP) is 6.67. The van der Waals surface area contributed by atoms with E-state index < -0.39 is 6.04 Å². The van der Waals surface area contributed by atoms with Crippen LogP contribution in [0.4, 0.5) is 0 Å². The molecule has 5 nitrogen and oxygen atoms in total. The Balaban J connectivity index is 1.66. The minimum absolute atomic E-state index is 0.0970. The van der Waals surface area contributed by atoms with Crippen LogP contribution in [0.15, 0.2) is 42.5 Å². The average molecular weight is 526 g/mol. The zero-order chi connectivity index (χ0) is 24.5. The third kappa shape index (κ3) is 7.79. The lowest BCUT2D eigenvalue weighted by Gasteiger charge is -2.31. The fraction of sp³-hybridized carbons (Fsp3) is 0.462. The molecule has 1 atom stereocenters. The number of ether oxygens (including phenoxy) is 1. The SMILES string of the molecule is CCC(C(=O)NC1CCCC1)N(Cc1ccc(Cl)c(Cl)c1)C(=O)CCCOc1ccc(Cl)cc1. The van der Waals surface area contributed by atoms with Crippen LogP contribution in [-0.2, 0) is 16.1 Å². The molecule has 0 heterocycles. The van der Waals surface area contributed by atoms with Gasteiger partial charge in [0, 0.05) is 24.0 Å². The monoisotopic (exact) mass is 524 g/mol. The van der Waals surface area contributed by atoms with E-state index >= 15 is 0 Å². The molecule has 2 amide bonds. The van der Waals surface area contributed by atoms with E-state index in [4.69, 9.17) is 39.5 Å². The van der Waals surface area contributed by atoms with Gasteiger partial charge in [0.1, 0.15) is 11.8 Å². The first-order valence-electron chi connectivity index (χ1n) is 11.8. The Morgan fingerprint density at radius 3 is 2.41 bits per heavy atom. The minimum Gasteiger partial charge on any atom is -0.494 e. The number of hydrogen-bond acceptors (Lipinski definition) is 3. The molecule has 0 aliphatic heterocycles. The number of amides is 2. The highest BCUT2D eigenvalue weighted by Crippen LogP contribution is 2.25. The van der Waals surface area contributed by atoms with Gasteiger partial charge in [-0.2, -0.15) is 0 Å². The smallest absolute Gasteiger partial charge is 0.243 e. The molecule has 0 bridgehead atoms. The van der Waals surface area contributed by atoms with E-state index in [0.717, 1.165) is 31.2 Å². The normalized spacial score (nSPS) is 14.6. The molecule has 1 saturated carbocycles. The first-order valence-corrected chi connectivity index (χ1v) is 12.9. The second-order valence-corrected chi connectivity index (χ2v) is 9.84. The number of carbonyl (C=O) groups is 2. The van der Waals surface area contributed by atoms with E-state index in [-0.39, 0.29) is 30.8 Å². The molecule has 1 aliphatic carbocycles. The molecule has 34 heavy (non-hydrogen) atoms. The molecule has 8 heteroatoms. The molecule has 2 aromatic rings. The molecule has 1 aliphatic rings. The molecule has 1 N–H and O–H groups in total. The van der Waals surface area contributed by atoms with Gasteiger partial charge in [-0.1, -0.05) is 60.6 Å². The van der Waals surface area contributed by atoms with E-state index in [2.05, 4.69) is 5.32 Å². The fourth-order valence-electron chi connectivity index (χ4n) is 4.21. The minimum atomic E-state index is -0.556. The molecular formula is C26H31Cl3N2O3. The van der Waals surface area contributed by atoms with Gasteiger partial charge in [-0.3, -0.25) is 9.59 Å². The summed E-state index contributed by atoms with van der Waals surface area (Å²) in [7, 11) is 0. The van der Waals surface area contributed by atoms with E-state index in [9.17, 15) is 9.59 Å². The zero-order valence-corrected chi connectivity index (χ0v) is 21.6. The van der Waals surface area contributed by atoms with Gasteiger partial charge in [-0.25, -0.2) is 0 Å². The summed E-state index contributed by atoms with van der Waals surface area (Å²) >= 11 is 18.2. The van der Waals surface area contributed by atoms with Crippen LogP contribution < -0.4 is 10.1 Å². The van der Waals surface area contributed by atoms with Crippen LogP contribution in [0.5, 0.6) is 5.75 Å². The second-order valence-electron chi connectivity index (χ2n) is 8.59. The van der Waals surface area contributed by atoms with Gasteiger partial charge in [-0.15, -0.1) is 0 Å². The number of nitrogens with one attached hydrogen (secondary N) is 1. The van der Waals surface area contributed by atoms with Crippen LogP contribution in [0.25, 0.3) is 0 Å². The van der Waals surface area contributed by atoms with Crippen molar-refractivity contribution >= 4 is 46.6 Å². The molecule has 184 valence electrons. The van der Waals surface area contributed by atoms with Crippen LogP contribution in [0.1, 0.15) is 57.4 Å². The van der Waals surface area contributed by atoms with Crippen molar-refractivity contribution in [2.24, 2.45) is 0 Å². The number of hydrogen-bond donors (Lipinski definition) is 1. The van der Waals surface area contributed by atoms with Crippen molar-refractivity contribution in [3.05, 3.63) is 63.1 Å². The Labute approximate surface area is 216 Å². The maximum absolute atomic E-state index is 13.3. The highest BCUT2D eigenvalue weighted by atomic mass is 35.5. The Bertz CT molecular complexity index is 962. The molecule has 1 fully saturated rings. The highest BCUT2D eigenvalue weighted by Gasteiger charge is 2.30. The van der Waals surface area contributed by atoms with Gasteiger partial charge < -0.3 is 15.0 Å². The van der Waals surface area contributed by atoms with Crippen molar-refractivity contribution < 1.29 is 14.3 Å². The molecule has 0 aromatic heterocycles. The maximum Gasteiger partial charge on any atom is 0.243 e. The Kier molecular flexibility index (Phi) is 10.4. The van der Waals surface area contributed by atoms with Crippen LogP contribution in [0, 0.1) is 0 Å². The summed E-state index contributed by atoms with van der Waals surface area (Å²) in [6.07, 6.45) is 5.55. The summed E-state index contributed by atoms with van der Waals surface area (Å²) in [6.45, 7) is 2.60. The summed E-state index contributed by atoms with van der Waals surface area (Å²) in [4.78, 5) is 28.1.